The van der Waals surface area contributed by atoms with Crippen molar-refractivity contribution in [2.75, 3.05) is 11.5 Å². The molecule has 115 heavy (non-hydrogen) atoms. The SMILES string of the molecule is Cc1cc(-c2ccccc2)nc(-c2ccccc2)n1.Cc1ccc(-c2nc(-c3ccccc3)nc(-c3ccccc3)n2)cc1.Cc1cnc2ccccc2c1.Cc1nc(-c2ccccc2)cc(-c2ccccc2)n1.Cc1nc(-c2ccccn2)cc(-c2ccccn2)n1.Cc1nc(N)nc(N)n1.Cc1nccc(-c2ccccn2)n1. The molecule has 20 nitrogen and oxygen atoms in total. The van der Waals surface area contributed by atoms with Gasteiger partial charge in [-0.05, 0) is 127 Å². The van der Waals surface area contributed by atoms with Crippen LogP contribution in [0.25, 0.3) is 124 Å². The van der Waals surface area contributed by atoms with Gasteiger partial charge in [0.1, 0.15) is 23.3 Å². The summed E-state index contributed by atoms with van der Waals surface area (Å²) in [4.78, 5) is 77.6. The molecule has 18 rings (SSSR count). The van der Waals surface area contributed by atoms with Crippen LogP contribution in [-0.2, 0) is 0 Å². The third-order valence-corrected chi connectivity index (χ3v) is 16.8. The summed E-state index contributed by atoms with van der Waals surface area (Å²) < 4.78 is 0. The normalized spacial score (nSPS) is 10.3. The van der Waals surface area contributed by atoms with Crippen molar-refractivity contribution in [1.29, 1.82) is 0 Å². The quantitative estimate of drug-likeness (QED) is 0.129. The van der Waals surface area contributed by atoms with Crippen LogP contribution in [0.3, 0.4) is 0 Å². The van der Waals surface area contributed by atoms with E-state index in [9.17, 15) is 0 Å². The van der Waals surface area contributed by atoms with E-state index in [4.69, 9.17) is 26.4 Å². The Hall–Kier alpha value is -15.4. The van der Waals surface area contributed by atoms with Gasteiger partial charge in [-0.25, -0.2) is 54.8 Å². The van der Waals surface area contributed by atoms with E-state index in [1.165, 1.54) is 16.5 Å². The van der Waals surface area contributed by atoms with Crippen molar-refractivity contribution in [2.24, 2.45) is 0 Å². The van der Waals surface area contributed by atoms with Crippen LogP contribution in [0.5, 0.6) is 0 Å². The topological polar surface area (TPSA) is 284 Å². The van der Waals surface area contributed by atoms with Gasteiger partial charge >= 0.3 is 0 Å². The Morgan fingerprint density at radius 2 is 0.548 bits per heavy atom. The zero-order valence-electron chi connectivity index (χ0n) is 64.6. The molecule has 0 aliphatic carbocycles. The predicted octanol–water partition coefficient (Wildman–Crippen LogP) is 20.1. The van der Waals surface area contributed by atoms with Crippen LogP contribution >= 0.6 is 0 Å². The fourth-order valence-electron chi connectivity index (χ4n) is 11.4. The van der Waals surface area contributed by atoms with Gasteiger partial charge in [0.05, 0.1) is 56.8 Å². The highest BCUT2D eigenvalue weighted by molar-refractivity contribution is 5.79. The molecule has 0 aliphatic heterocycles. The first-order valence-corrected chi connectivity index (χ1v) is 37.0. The maximum Gasteiger partial charge on any atom is 0.225 e. The highest BCUT2D eigenvalue weighted by Gasteiger charge is 2.14. The zero-order valence-corrected chi connectivity index (χ0v) is 64.6. The number of fused-ring (bicyclic) bond motifs is 1. The molecule has 0 spiro atoms. The van der Waals surface area contributed by atoms with Crippen LogP contribution in [0.1, 0.15) is 40.1 Å². The number of nitrogen functional groups attached to an aromatic ring is 2. The Kier molecular flexibility index (Phi) is 27.7. The molecule has 10 heterocycles. The molecule has 562 valence electrons. The lowest BCUT2D eigenvalue weighted by atomic mass is 10.1. The summed E-state index contributed by atoms with van der Waals surface area (Å²) >= 11 is 0. The second-order valence-electron chi connectivity index (χ2n) is 25.9. The number of para-hydroxylation sites is 1. The number of benzene rings is 8. The van der Waals surface area contributed by atoms with Gasteiger partial charge in [-0.3, -0.25) is 19.9 Å². The molecule has 0 radical (unpaired) electrons. The lowest BCUT2D eigenvalue weighted by molar-refractivity contribution is 1.00. The van der Waals surface area contributed by atoms with E-state index in [1.54, 1.807) is 31.7 Å². The van der Waals surface area contributed by atoms with Crippen LogP contribution in [-0.4, -0.2) is 89.7 Å². The Morgan fingerprint density at radius 1 is 0.200 bits per heavy atom. The average molecular weight is 1500 g/mol. The van der Waals surface area contributed by atoms with E-state index in [2.05, 4.69) is 149 Å². The molecular formula is C95H82N20. The lowest BCUT2D eigenvalue weighted by Gasteiger charge is -2.08. The van der Waals surface area contributed by atoms with E-state index >= 15 is 0 Å². The third-order valence-electron chi connectivity index (χ3n) is 16.8. The van der Waals surface area contributed by atoms with E-state index < -0.39 is 0 Å². The number of anilines is 2. The highest BCUT2D eigenvalue weighted by Crippen LogP contribution is 2.28. The fourth-order valence-corrected chi connectivity index (χ4v) is 11.4. The molecule has 10 aromatic heterocycles. The maximum atomic E-state index is 5.22. The van der Waals surface area contributed by atoms with Crippen molar-refractivity contribution in [2.45, 2.75) is 48.5 Å². The van der Waals surface area contributed by atoms with Crippen LogP contribution in [0, 0.1) is 48.5 Å². The smallest absolute Gasteiger partial charge is 0.225 e. The summed E-state index contributed by atoms with van der Waals surface area (Å²) in [7, 11) is 0. The standard InChI is InChI=1S/C22H17N3.2C17H14N2.C15H12N4.C10H9N3.C10H9N.C4H7N5/c1-16-12-14-19(15-13-16)22-24-20(17-8-4-2-5-9-17)23-21(25-22)18-10-6-3-7-11-18;1-13-18-16(14-8-4-2-5-9-14)12-17(19-13)15-10-6-3-7-11-15;1-13-12-16(14-8-4-2-5-9-14)19-17(18-13)15-10-6-3-7-11-15;1-11-18-14(12-6-2-4-8-16-12)10-15(19-11)13-7-3-5-9-17-13;1-8-11-7-5-10(13-8)9-4-2-3-6-12-9;1-8-6-9-4-2-3-5-10(9)11-7-8;1-2-7-3(5)9-4(6)8-2/h2-15H,1H3;2*2-12H,1H3;2-10H,1H3;2-7H,1H3;2-7H,1H3;1H3,(H4,5,6,7,8,9). The van der Waals surface area contributed by atoms with Crippen LogP contribution in [0.4, 0.5) is 11.9 Å². The number of aromatic nitrogens is 18. The van der Waals surface area contributed by atoms with Gasteiger partial charge in [0.25, 0.3) is 0 Å². The molecule has 0 aliphatic rings. The van der Waals surface area contributed by atoms with E-state index in [-0.39, 0.29) is 11.9 Å². The zero-order chi connectivity index (χ0) is 79.9. The number of hydrogen-bond donors (Lipinski definition) is 2. The van der Waals surface area contributed by atoms with Crippen molar-refractivity contribution in [3.05, 3.63) is 387 Å². The summed E-state index contributed by atoms with van der Waals surface area (Å²) in [5, 5.41) is 1.22. The number of nitrogens with zero attached hydrogens (tertiary/aromatic N) is 18. The second-order valence-corrected chi connectivity index (χ2v) is 25.9. The number of pyridine rings is 4. The number of hydrogen-bond acceptors (Lipinski definition) is 20. The van der Waals surface area contributed by atoms with Gasteiger partial charge < -0.3 is 11.5 Å². The number of rotatable bonds is 10. The van der Waals surface area contributed by atoms with Crippen molar-refractivity contribution >= 4 is 22.8 Å². The van der Waals surface area contributed by atoms with Gasteiger partial charge in [-0.1, -0.05) is 248 Å². The molecule has 4 N–H and O–H groups in total. The molecule has 0 amide bonds. The Bertz CT molecular complexity index is 5480. The Morgan fingerprint density at radius 3 is 0.965 bits per heavy atom. The Balaban J connectivity index is 0.000000126. The minimum absolute atomic E-state index is 0.167. The van der Waals surface area contributed by atoms with Gasteiger partial charge in [0, 0.05) is 81.0 Å². The van der Waals surface area contributed by atoms with E-state index in [0.717, 1.165) is 119 Å². The van der Waals surface area contributed by atoms with Crippen molar-refractivity contribution in [3.8, 4) is 113 Å². The van der Waals surface area contributed by atoms with E-state index in [0.29, 0.717) is 29.1 Å². The summed E-state index contributed by atoms with van der Waals surface area (Å²) in [6.07, 6.45) is 8.90. The predicted molar refractivity (Wildman–Crippen MR) is 459 cm³/mol. The van der Waals surface area contributed by atoms with E-state index in [1.807, 2.05) is 289 Å². The third kappa shape index (κ3) is 23.8. The van der Waals surface area contributed by atoms with Gasteiger partial charge in [0.15, 0.2) is 23.3 Å². The largest absolute Gasteiger partial charge is 0.368 e. The first-order chi connectivity index (χ1) is 56.2. The van der Waals surface area contributed by atoms with Crippen molar-refractivity contribution < 1.29 is 0 Å². The van der Waals surface area contributed by atoms with Crippen LogP contribution < -0.4 is 11.5 Å². The molecule has 0 saturated carbocycles. The number of nitrogens with two attached hydrogens (primary N) is 2. The summed E-state index contributed by atoms with van der Waals surface area (Å²) in [5.41, 5.74) is 30.2. The monoisotopic (exact) mass is 1500 g/mol. The lowest BCUT2D eigenvalue weighted by Crippen LogP contribution is -2.03. The van der Waals surface area contributed by atoms with Crippen molar-refractivity contribution in [1.82, 2.24) is 89.7 Å². The molecule has 0 bridgehead atoms. The minimum Gasteiger partial charge on any atom is -0.368 e. The molecule has 0 atom stereocenters. The molecule has 0 saturated heterocycles. The van der Waals surface area contributed by atoms with Crippen molar-refractivity contribution in [3.63, 3.8) is 0 Å². The molecule has 18 aromatic rings. The second kappa shape index (κ2) is 40.3. The Labute approximate surface area is 668 Å². The summed E-state index contributed by atoms with van der Waals surface area (Å²) in [5.74, 6) is 5.98. The summed E-state index contributed by atoms with van der Waals surface area (Å²) in [6.45, 7) is 13.5. The molecular weight excluding hydrogens is 1420 g/mol. The molecule has 0 fully saturated rings. The molecule has 0 unspecified atom stereocenters. The molecule has 8 aromatic carbocycles. The van der Waals surface area contributed by atoms with Gasteiger partial charge in [0.2, 0.25) is 11.9 Å². The van der Waals surface area contributed by atoms with Crippen LogP contribution in [0.15, 0.2) is 346 Å². The minimum atomic E-state index is 0.167. The van der Waals surface area contributed by atoms with Gasteiger partial charge in [-0.2, -0.15) is 15.0 Å². The fraction of sp³-hybridized carbons (Fsp3) is 0.0737. The van der Waals surface area contributed by atoms with Gasteiger partial charge in [-0.15, -0.1) is 0 Å². The first-order valence-electron chi connectivity index (χ1n) is 37.0. The summed E-state index contributed by atoms with van der Waals surface area (Å²) in [6, 6.07) is 104. The van der Waals surface area contributed by atoms with Crippen LogP contribution in [0.2, 0.25) is 0 Å². The maximum absolute atomic E-state index is 5.22. The number of aryl methyl sites for hydroxylation is 7. The average Bonchev–Trinajstić information content (AvgIpc) is 0.824. The first kappa shape index (κ1) is 79.1. The highest BCUT2D eigenvalue weighted by atomic mass is 15.1. The molecule has 20 heteroatoms.